The van der Waals surface area contributed by atoms with E-state index in [2.05, 4.69) is 61.4 Å². The Morgan fingerprint density at radius 3 is 2.83 bits per heavy atom. The van der Waals surface area contributed by atoms with Crippen molar-refractivity contribution in [2.45, 2.75) is 50.5 Å². The first-order chi connectivity index (χ1) is 13.9. The maximum Gasteiger partial charge on any atom is 0.271 e. The topological polar surface area (TPSA) is 59.4 Å². The molecule has 1 N–H and O–H groups in total. The highest BCUT2D eigenvalue weighted by Gasteiger charge is 2.36. The van der Waals surface area contributed by atoms with Crippen molar-refractivity contribution in [3.63, 3.8) is 0 Å². The van der Waals surface area contributed by atoms with Crippen molar-refractivity contribution < 1.29 is 4.74 Å². The van der Waals surface area contributed by atoms with Gasteiger partial charge in [0.25, 0.3) is 5.56 Å². The summed E-state index contributed by atoms with van der Waals surface area (Å²) in [6, 6.07) is 14.9. The first kappa shape index (κ1) is 18.7. The second-order valence-electron chi connectivity index (χ2n) is 8.50. The average Bonchev–Trinajstić information content (AvgIpc) is 3.02. The van der Waals surface area contributed by atoms with Crippen LogP contribution in [0, 0.1) is 0 Å². The molecule has 6 heteroatoms. The standard InChI is InChI=1S/C23H25N3O2S/c1-14-24-21-19(22(27)25-26(21)16-11-12-28-23(2,3)13-16)20(29-14)18-10-6-8-15-7-4-5-9-17(15)18/h4-10,16,20H,11-13H2,1-3H3,(H,25,27)/t16-,20+/m0/s1. The van der Waals surface area contributed by atoms with E-state index < -0.39 is 0 Å². The monoisotopic (exact) mass is 407 g/mol. The highest BCUT2D eigenvalue weighted by molar-refractivity contribution is 8.14. The third-order valence-electron chi connectivity index (χ3n) is 5.89. The Bertz CT molecular complexity index is 1170. The van der Waals surface area contributed by atoms with Crippen molar-refractivity contribution in [1.82, 2.24) is 9.78 Å². The molecule has 0 amide bonds. The molecule has 0 radical (unpaired) electrons. The van der Waals surface area contributed by atoms with Crippen molar-refractivity contribution >= 4 is 33.4 Å². The molecule has 0 unspecified atom stereocenters. The van der Waals surface area contributed by atoms with E-state index in [1.807, 2.05) is 11.6 Å². The van der Waals surface area contributed by atoms with Crippen molar-refractivity contribution in [2.24, 2.45) is 4.99 Å². The van der Waals surface area contributed by atoms with Gasteiger partial charge in [0, 0.05) is 6.61 Å². The van der Waals surface area contributed by atoms with E-state index >= 15 is 0 Å². The Morgan fingerprint density at radius 1 is 1.21 bits per heavy atom. The molecule has 150 valence electrons. The number of ether oxygens (including phenoxy) is 1. The third-order valence-corrected chi connectivity index (χ3v) is 7.05. The summed E-state index contributed by atoms with van der Waals surface area (Å²) in [4.78, 5) is 17.9. The number of H-pyrrole nitrogens is 1. The van der Waals surface area contributed by atoms with Crippen LogP contribution in [0.5, 0.6) is 0 Å². The van der Waals surface area contributed by atoms with Gasteiger partial charge in [-0.25, -0.2) is 4.99 Å². The fourth-order valence-electron chi connectivity index (χ4n) is 4.59. The third kappa shape index (κ3) is 3.24. The summed E-state index contributed by atoms with van der Waals surface area (Å²) in [7, 11) is 0. The van der Waals surface area contributed by atoms with Crippen molar-refractivity contribution in [3.8, 4) is 0 Å². The molecule has 0 bridgehead atoms. The summed E-state index contributed by atoms with van der Waals surface area (Å²) < 4.78 is 7.89. The van der Waals surface area contributed by atoms with Crippen molar-refractivity contribution in [3.05, 3.63) is 63.9 Å². The summed E-state index contributed by atoms with van der Waals surface area (Å²) in [5.74, 6) is 0.784. The lowest BCUT2D eigenvalue weighted by molar-refractivity contribution is -0.0705. The Kier molecular flexibility index (Phi) is 4.44. The lowest BCUT2D eigenvalue weighted by Gasteiger charge is -2.36. The Balaban J connectivity index is 1.66. The average molecular weight is 408 g/mol. The summed E-state index contributed by atoms with van der Waals surface area (Å²) in [6.07, 6.45) is 1.73. The quantitative estimate of drug-likeness (QED) is 0.623. The SMILES string of the molecule is CC1=Nc2c(c(=O)[nH]n2[C@H]2CCOC(C)(C)C2)[C@@H](c2cccc3ccccc23)S1. The molecule has 0 spiro atoms. The second kappa shape index (κ2) is 6.89. The van der Waals surface area contributed by atoms with Gasteiger partial charge in [-0.3, -0.25) is 14.6 Å². The van der Waals surface area contributed by atoms with Crippen LogP contribution in [0.2, 0.25) is 0 Å². The molecular weight excluding hydrogens is 382 g/mol. The number of aliphatic imine (C=N–C) groups is 1. The number of benzene rings is 2. The van der Waals surface area contributed by atoms with Crippen LogP contribution in [-0.4, -0.2) is 27.0 Å². The largest absolute Gasteiger partial charge is 0.375 e. The molecule has 1 saturated heterocycles. The molecule has 2 aliphatic rings. The van der Waals surface area contributed by atoms with Crippen LogP contribution in [0.4, 0.5) is 5.82 Å². The minimum absolute atomic E-state index is 0.0361. The molecule has 3 aromatic rings. The molecule has 3 heterocycles. The number of thioether (sulfide) groups is 1. The number of nitrogens with one attached hydrogen (secondary N) is 1. The summed E-state index contributed by atoms with van der Waals surface area (Å²) in [5.41, 5.74) is 1.69. The lowest BCUT2D eigenvalue weighted by Crippen LogP contribution is -2.35. The molecular formula is C23H25N3O2S. The molecule has 29 heavy (non-hydrogen) atoms. The number of fused-ring (bicyclic) bond motifs is 2. The van der Waals surface area contributed by atoms with E-state index in [4.69, 9.17) is 9.73 Å². The minimum Gasteiger partial charge on any atom is -0.375 e. The van der Waals surface area contributed by atoms with Crippen LogP contribution in [0.3, 0.4) is 0 Å². The van der Waals surface area contributed by atoms with Crippen molar-refractivity contribution in [2.75, 3.05) is 6.61 Å². The zero-order valence-corrected chi connectivity index (χ0v) is 17.8. The van der Waals surface area contributed by atoms with Gasteiger partial charge in [-0.1, -0.05) is 54.2 Å². The van der Waals surface area contributed by atoms with Crippen LogP contribution in [0.1, 0.15) is 56.0 Å². The number of hydrogen-bond acceptors (Lipinski definition) is 4. The first-order valence-corrected chi connectivity index (χ1v) is 11.0. The number of aromatic nitrogens is 2. The van der Waals surface area contributed by atoms with Crippen molar-refractivity contribution in [1.29, 1.82) is 0 Å². The smallest absolute Gasteiger partial charge is 0.271 e. The van der Waals surface area contributed by atoms with E-state index in [0.717, 1.165) is 29.3 Å². The van der Waals surface area contributed by atoms with Crippen LogP contribution in [0.25, 0.3) is 10.8 Å². The van der Waals surface area contributed by atoms with Gasteiger partial charge < -0.3 is 4.74 Å². The molecule has 2 aromatic carbocycles. The fourth-order valence-corrected chi connectivity index (χ4v) is 5.73. The minimum atomic E-state index is -0.200. The zero-order valence-electron chi connectivity index (χ0n) is 16.9. The Hall–Kier alpha value is -2.31. The van der Waals surface area contributed by atoms with Crippen LogP contribution in [0.15, 0.2) is 52.3 Å². The predicted octanol–water partition coefficient (Wildman–Crippen LogP) is 5.35. The Morgan fingerprint density at radius 2 is 2.00 bits per heavy atom. The highest BCUT2D eigenvalue weighted by Crippen LogP contribution is 2.47. The highest BCUT2D eigenvalue weighted by atomic mass is 32.2. The lowest BCUT2D eigenvalue weighted by atomic mass is 9.94. The number of aromatic amines is 1. The van der Waals surface area contributed by atoms with Crippen LogP contribution < -0.4 is 5.56 Å². The number of nitrogens with zero attached hydrogens (tertiary/aromatic N) is 2. The Labute approximate surface area is 174 Å². The van der Waals surface area contributed by atoms with Gasteiger partial charge >= 0.3 is 0 Å². The number of hydrogen-bond donors (Lipinski definition) is 1. The molecule has 5 rings (SSSR count). The molecule has 5 nitrogen and oxygen atoms in total. The molecule has 0 aliphatic carbocycles. The van der Waals surface area contributed by atoms with Gasteiger partial charge in [-0.2, -0.15) is 0 Å². The second-order valence-corrected chi connectivity index (χ2v) is 9.80. The van der Waals surface area contributed by atoms with E-state index in [0.29, 0.717) is 6.61 Å². The van der Waals surface area contributed by atoms with E-state index in [9.17, 15) is 4.79 Å². The molecule has 2 atom stereocenters. The van der Waals surface area contributed by atoms with Gasteiger partial charge in [0.15, 0.2) is 5.82 Å². The fraction of sp³-hybridized carbons (Fsp3) is 0.391. The molecule has 1 fully saturated rings. The number of rotatable bonds is 2. The van der Waals surface area contributed by atoms with E-state index in [1.165, 1.54) is 16.3 Å². The summed E-state index contributed by atoms with van der Waals surface area (Å²) >= 11 is 1.66. The molecule has 2 aliphatic heterocycles. The normalized spacial score (nSPS) is 23.6. The van der Waals surface area contributed by atoms with Gasteiger partial charge in [0.05, 0.1) is 27.5 Å². The molecule has 1 aromatic heterocycles. The van der Waals surface area contributed by atoms with Crippen LogP contribution in [-0.2, 0) is 4.74 Å². The maximum atomic E-state index is 13.1. The van der Waals surface area contributed by atoms with E-state index in [1.54, 1.807) is 11.8 Å². The zero-order chi connectivity index (χ0) is 20.2. The summed E-state index contributed by atoms with van der Waals surface area (Å²) in [5, 5.41) is 6.41. The first-order valence-electron chi connectivity index (χ1n) is 10.1. The summed E-state index contributed by atoms with van der Waals surface area (Å²) in [6.45, 7) is 6.94. The van der Waals surface area contributed by atoms with Gasteiger partial charge in [-0.05, 0) is 49.9 Å². The van der Waals surface area contributed by atoms with Gasteiger partial charge in [0.1, 0.15) is 0 Å². The van der Waals surface area contributed by atoms with Gasteiger partial charge in [0.2, 0.25) is 0 Å². The molecule has 0 saturated carbocycles. The maximum absolute atomic E-state index is 13.1. The van der Waals surface area contributed by atoms with Crippen LogP contribution >= 0.6 is 11.8 Å². The predicted molar refractivity (Wildman–Crippen MR) is 120 cm³/mol. The van der Waals surface area contributed by atoms with E-state index in [-0.39, 0.29) is 22.5 Å². The van der Waals surface area contributed by atoms with Gasteiger partial charge in [-0.15, -0.1) is 0 Å².